The zero-order valence-electron chi connectivity index (χ0n) is 22.4. The number of benzene rings is 3. The highest BCUT2D eigenvalue weighted by Crippen LogP contribution is 2.33. The van der Waals surface area contributed by atoms with Gasteiger partial charge in [0.15, 0.2) is 0 Å². The van der Waals surface area contributed by atoms with Crippen molar-refractivity contribution >= 4 is 46.8 Å². The van der Waals surface area contributed by atoms with E-state index in [0.717, 1.165) is 16.8 Å². The van der Waals surface area contributed by atoms with Gasteiger partial charge in [0.25, 0.3) is 11.9 Å². The first-order valence-corrected chi connectivity index (χ1v) is 14.4. The fraction of sp³-hybridized carbons (Fsp3) is 0.300. The van der Waals surface area contributed by atoms with Gasteiger partial charge in [-0.15, -0.1) is 5.10 Å². The Morgan fingerprint density at radius 3 is 2.32 bits per heavy atom. The van der Waals surface area contributed by atoms with Gasteiger partial charge in [-0.3, -0.25) is 15.0 Å². The quantitative estimate of drug-likeness (QED) is 0.199. The SMILES string of the molecule is O=C(Nc1nn[nH]n1)c1ccc(CN(C(=O)NCCc2ccc(Cl)c(Cl)c2)c2ccc(C3CCCCC3)cc2)cc1. The molecule has 9 nitrogen and oxygen atoms in total. The van der Waals surface area contributed by atoms with E-state index in [4.69, 9.17) is 23.2 Å². The summed E-state index contributed by atoms with van der Waals surface area (Å²) >= 11 is 12.2. The first kappa shape index (κ1) is 28.6. The number of hydrogen-bond acceptors (Lipinski definition) is 5. The van der Waals surface area contributed by atoms with Crippen LogP contribution in [0.4, 0.5) is 16.4 Å². The summed E-state index contributed by atoms with van der Waals surface area (Å²) in [5, 5.41) is 19.8. The molecule has 0 radical (unpaired) electrons. The number of halogens is 2. The lowest BCUT2D eigenvalue weighted by molar-refractivity contribution is 0.102. The molecule has 1 aliphatic carbocycles. The molecule has 0 spiro atoms. The minimum Gasteiger partial charge on any atom is -0.337 e. The summed E-state index contributed by atoms with van der Waals surface area (Å²) < 4.78 is 0. The smallest absolute Gasteiger partial charge is 0.322 e. The third kappa shape index (κ3) is 7.62. The molecule has 1 fully saturated rings. The lowest BCUT2D eigenvalue weighted by Gasteiger charge is -2.26. The van der Waals surface area contributed by atoms with E-state index in [1.54, 1.807) is 23.1 Å². The van der Waals surface area contributed by atoms with Crippen LogP contribution in [-0.2, 0) is 13.0 Å². The Balaban J connectivity index is 1.29. The molecule has 4 aromatic rings. The summed E-state index contributed by atoms with van der Waals surface area (Å²) in [6, 6.07) is 20.7. The van der Waals surface area contributed by atoms with Gasteiger partial charge in [0.2, 0.25) is 0 Å². The number of rotatable bonds is 9. The summed E-state index contributed by atoms with van der Waals surface area (Å²) in [6.45, 7) is 0.761. The molecule has 0 atom stereocenters. The molecule has 1 saturated carbocycles. The number of amides is 3. The molecule has 0 bridgehead atoms. The highest BCUT2D eigenvalue weighted by molar-refractivity contribution is 6.42. The number of H-pyrrole nitrogens is 1. The molecule has 3 amide bonds. The lowest BCUT2D eigenvalue weighted by atomic mass is 9.84. The Bertz CT molecular complexity index is 1460. The Labute approximate surface area is 248 Å². The van der Waals surface area contributed by atoms with Crippen LogP contribution in [-0.4, -0.2) is 39.1 Å². The van der Waals surface area contributed by atoms with Crippen molar-refractivity contribution in [3.05, 3.63) is 99.0 Å². The number of carbonyl (C=O) groups excluding carboxylic acids is 2. The van der Waals surface area contributed by atoms with E-state index in [-0.39, 0.29) is 17.9 Å². The molecule has 212 valence electrons. The van der Waals surface area contributed by atoms with E-state index in [0.29, 0.717) is 41.0 Å². The van der Waals surface area contributed by atoms with Crippen LogP contribution in [0.15, 0.2) is 66.7 Å². The average Bonchev–Trinajstić information content (AvgIpc) is 3.51. The number of carbonyl (C=O) groups is 2. The number of urea groups is 1. The second kappa shape index (κ2) is 13.6. The van der Waals surface area contributed by atoms with Crippen LogP contribution in [0, 0.1) is 0 Å². The van der Waals surface area contributed by atoms with Crippen molar-refractivity contribution in [2.45, 2.75) is 51.0 Å². The van der Waals surface area contributed by atoms with E-state index in [9.17, 15) is 9.59 Å². The summed E-state index contributed by atoms with van der Waals surface area (Å²) in [7, 11) is 0. The van der Waals surface area contributed by atoms with Gasteiger partial charge in [0.05, 0.1) is 16.6 Å². The molecule has 0 unspecified atom stereocenters. The van der Waals surface area contributed by atoms with Crippen LogP contribution >= 0.6 is 23.2 Å². The summed E-state index contributed by atoms with van der Waals surface area (Å²) in [5.74, 6) is 0.324. The molecule has 0 saturated heterocycles. The maximum atomic E-state index is 13.5. The van der Waals surface area contributed by atoms with E-state index >= 15 is 0 Å². The van der Waals surface area contributed by atoms with Crippen molar-refractivity contribution in [1.29, 1.82) is 0 Å². The number of tetrazole rings is 1. The predicted octanol–water partition coefficient (Wildman–Crippen LogP) is 6.77. The largest absolute Gasteiger partial charge is 0.337 e. The number of anilines is 2. The Morgan fingerprint density at radius 1 is 0.902 bits per heavy atom. The van der Waals surface area contributed by atoms with Gasteiger partial charge in [-0.05, 0) is 83.5 Å². The molecule has 0 aliphatic heterocycles. The fourth-order valence-corrected chi connectivity index (χ4v) is 5.40. The maximum absolute atomic E-state index is 13.5. The minimum absolute atomic E-state index is 0.0967. The molecule has 3 aromatic carbocycles. The second-order valence-electron chi connectivity index (χ2n) is 10.1. The molecule has 41 heavy (non-hydrogen) atoms. The van der Waals surface area contributed by atoms with Crippen molar-refractivity contribution in [3.8, 4) is 0 Å². The first-order valence-electron chi connectivity index (χ1n) is 13.7. The number of nitrogens with one attached hydrogen (secondary N) is 3. The van der Waals surface area contributed by atoms with Gasteiger partial charge in [0.1, 0.15) is 0 Å². The monoisotopic (exact) mass is 591 g/mol. The Hall–Kier alpha value is -3.95. The Kier molecular flexibility index (Phi) is 9.48. The zero-order valence-corrected chi connectivity index (χ0v) is 24.0. The maximum Gasteiger partial charge on any atom is 0.322 e. The van der Waals surface area contributed by atoms with E-state index in [1.807, 2.05) is 36.4 Å². The van der Waals surface area contributed by atoms with Crippen molar-refractivity contribution in [2.24, 2.45) is 0 Å². The normalized spacial score (nSPS) is 13.5. The van der Waals surface area contributed by atoms with Crippen molar-refractivity contribution in [3.63, 3.8) is 0 Å². The number of aromatic amines is 1. The van der Waals surface area contributed by atoms with E-state index in [2.05, 4.69) is 43.4 Å². The molecule has 1 aliphatic rings. The second-order valence-corrected chi connectivity index (χ2v) is 10.9. The van der Waals surface area contributed by atoms with Gasteiger partial charge in [-0.25, -0.2) is 4.79 Å². The molecule has 1 aromatic heterocycles. The summed E-state index contributed by atoms with van der Waals surface area (Å²) in [6.07, 6.45) is 6.88. The number of hydrogen-bond donors (Lipinski definition) is 3. The minimum atomic E-state index is -0.354. The zero-order chi connectivity index (χ0) is 28.6. The molecule has 1 heterocycles. The molecular weight excluding hydrogens is 561 g/mol. The standard InChI is InChI=1S/C30H31Cl2N7O2/c31-26-15-8-20(18-27(26)32)16-17-33-30(41)39(25-13-11-23(12-14-25)22-4-2-1-3-5-22)19-21-6-9-24(10-7-21)28(40)34-29-35-37-38-36-29/h6-15,18,22H,1-5,16-17,19H2,(H,33,41)(H2,34,35,36,37,38,40). The highest BCUT2D eigenvalue weighted by atomic mass is 35.5. The third-order valence-electron chi connectivity index (χ3n) is 7.33. The van der Waals surface area contributed by atoms with E-state index < -0.39 is 0 Å². The van der Waals surface area contributed by atoms with Crippen LogP contribution in [0.5, 0.6) is 0 Å². The van der Waals surface area contributed by atoms with Crippen molar-refractivity contribution in [2.75, 3.05) is 16.8 Å². The summed E-state index contributed by atoms with van der Waals surface area (Å²) in [5.41, 5.74) is 4.42. The number of nitrogens with zero attached hydrogens (tertiary/aromatic N) is 4. The number of aromatic nitrogens is 4. The van der Waals surface area contributed by atoms with Crippen LogP contribution in [0.2, 0.25) is 10.0 Å². The van der Waals surface area contributed by atoms with Crippen molar-refractivity contribution < 1.29 is 9.59 Å². The third-order valence-corrected chi connectivity index (χ3v) is 8.07. The van der Waals surface area contributed by atoms with Crippen LogP contribution in [0.1, 0.15) is 65.1 Å². The van der Waals surface area contributed by atoms with Crippen LogP contribution < -0.4 is 15.5 Å². The average molecular weight is 593 g/mol. The predicted molar refractivity (Wildman–Crippen MR) is 161 cm³/mol. The topological polar surface area (TPSA) is 116 Å². The van der Waals surface area contributed by atoms with Gasteiger partial charge in [0, 0.05) is 17.8 Å². The fourth-order valence-electron chi connectivity index (χ4n) is 5.08. The van der Waals surface area contributed by atoms with Gasteiger partial charge < -0.3 is 5.32 Å². The summed E-state index contributed by atoms with van der Waals surface area (Å²) in [4.78, 5) is 27.7. The van der Waals surface area contributed by atoms with Gasteiger partial charge in [-0.2, -0.15) is 5.21 Å². The van der Waals surface area contributed by atoms with Gasteiger partial charge in [-0.1, -0.05) is 77.9 Å². The highest BCUT2D eigenvalue weighted by Gasteiger charge is 2.19. The van der Waals surface area contributed by atoms with Crippen molar-refractivity contribution in [1.82, 2.24) is 25.9 Å². The van der Waals surface area contributed by atoms with E-state index in [1.165, 1.54) is 37.7 Å². The van der Waals surface area contributed by atoms with Crippen LogP contribution in [0.25, 0.3) is 0 Å². The first-order chi connectivity index (χ1) is 20.0. The molecular formula is C30H31Cl2N7O2. The Morgan fingerprint density at radius 2 is 1.63 bits per heavy atom. The molecule has 5 rings (SSSR count). The molecule has 11 heteroatoms. The van der Waals surface area contributed by atoms with Crippen LogP contribution in [0.3, 0.4) is 0 Å². The molecule has 3 N–H and O–H groups in total. The lowest BCUT2D eigenvalue weighted by Crippen LogP contribution is -2.40. The van der Waals surface area contributed by atoms with Gasteiger partial charge >= 0.3 is 6.03 Å².